The van der Waals surface area contributed by atoms with E-state index in [1.807, 2.05) is 0 Å². The van der Waals surface area contributed by atoms with Crippen molar-refractivity contribution in [1.82, 2.24) is 9.80 Å². The lowest BCUT2D eigenvalue weighted by molar-refractivity contribution is 0.0111. The average molecular weight is 239 g/mol. The van der Waals surface area contributed by atoms with E-state index in [1.54, 1.807) is 0 Å². The Morgan fingerprint density at radius 2 is 1.76 bits per heavy atom. The molecule has 2 fully saturated rings. The van der Waals surface area contributed by atoms with E-state index in [4.69, 9.17) is 5.73 Å². The van der Waals surface area contributed by atoms with Crippen LogP contribution in [0.2, 0.25) is 0 Å². The van der Waals surface area contributed by atoms with Gasteiger partial charge in [-0.25, -0.2) is 0 Å². The summed E-state index contributed by atoms with van der Waals surface area (Å²) in [4.78, 5) is 5.09. The third-order valence-corrected chi connectivity index (χ3v) is 5.17. The van der Waals surface area contributed by atoms with Crippen LogP contribution in [0.3, 0.4) is 0 Å². The van der Waals surface area contributed by atoms with E-state index < -0.39 is 0 Å². The molecule has 0 amide bonds. The molecule has 1 aliphatic carbocycles. The molecule has 0 atom stereocenters. The number of likely N-dealkylation sites (tertiary alicyclic amines) is 1. The van der Waals surface area contributed by atoms with E-state index in [-0.39, 0.29) is 5.54 Å². The van der Waals surface area contributed by atoms with E-state index in [0.29, 0.717) is 0 Å². The highest BCUT2D eigenvalue weighted by Gasteiger charge is 2.39. The van der Waals surface area contributed by atoms with Crippen molar-refractivity contribution in [2.24, 2.45) is 5.73 Å². The zero-order valence-electron chi connectivity index (χ0n) is 11.6. The molecule has 3 heteroatoms. The Hall–Kier alpha value is -0.120. The Labute approximate surface area is 106 Å². The molecule has 2 aliphatic rings. The van der Waals surface area contributed by atoms with E-state index in [0.717, 1.165) is 12.6 Å². The average Bonchev–Trinajstić information content (AvgIpc) is 2.40. The zero-order chi connectivity index (χ0) is 12.3. The molecular weight excluding hydrogens is 210 g/mol. The van der Waals surface area contributed by atoms with Crippen LogP contribution >= 0.6 is 0 Å². The normalized spacial score (nSPS) is 27.5. The molecule has 0 bridgehead atoms. The van der Waals surface area contributed by atoms with Gasteiger partial charge in [-0.05, 0) is 52.9 Å². The minimum atomic E-state index is 0.286. The topological polar surface area (TPSA) is 32.5 Å². The summed E-state index contributed by atoms with van der Waals surface area (Å²) in [5.74, 6) is 0. The van der Waals surface area contributed by atoms with Gasteiger partial charge in [0, 0.05) is 18.1 Å². The van der Waals surface area contributed by atoms with Crippen molar-refractivity contribution in [2.45, 2.75) is 56.5 Å². The smallest absolute Gasteiger partial charge is 0.0355 e. The molecule has 0 aromatic carbocycles. The van der Waals surface area contributed by atoms with Gasteiger partial charge in [0.15, 0.2) is 0 Å². The van der Waals surface area contributed by atoms with Crippen molar-refractivity contribution < 1.29 is 0 Å². The van der Waals surface area contributed by atoms with E-state index in [1.165, 1.54) is 58.0 Å². The van der Waals surface area contributed by atoms with Crippen molar-refractivity contribution in [3.05, 3.63) is 0 Å². The lowest BCUT2D eigenvalue weighted by atomic mass is 9.82. The van der Waals surface area contributed by atoms with Crippen LogP contribution in [0.15, 0.2) is 0 Å². The van der Waals surface area contributed by atoms with Gasteiger partial charge in [0.1, 0.15) is 0 Å². The van der Waals surface area contributed by atoms with Gasteiger partial charge in [-0.3, -0.25) is 4.90 Å². The maximum Gasteiger partial charge on any atom is 0.0355 e. The van der Waals surface area contributed by atoms with Gasteiger partial charge in [-0.15, -0.1) is 0 Å². The van der Waals surface area contributed by atoms with Crippen LogP contribution in [0.25, 0.3) is 0 Å². The van der Waals surface area contributed by atoms with Crippen LogP contribution in [-0.4, -0.2) is 55.1 Å². The quantitative estimate of drug-likeness (QED) is 0.813. The number of likely N-dealkylation sites (N-methyl/N-ethyl adjacent to an activating group) is 1. The molecule has 100 valence electrons. The summed E-state index contributed by atoms with van der Waals surface area (Å²) in [5.41, 5.74) is 6.42. The zero-order valence-corrected chi connectivity index (χ0v) is 11.6. The summed E-state index contributed by atoms with van der Waals surface area (Å²) in [5, 5.41) is 0. The molecule has 0 spiro atoms. The molecule has 1 aliphatic heterocycles. The number of nitrogens with zero attached hydrogens (tertiary/aromatic N) is 2. The van der Waals surface area contributed by atoms with Crippen molar-refractivity contribution in [3.8, 4) is 0 Å². The molecule has 1 heterocycles. The van der Waals surface area contributed by atoms with E-state index in [9.17, 15) is 0 Å². The summed E-state index contributed by atoms with van der Waals surface area (Å²) in [7, 11) is 4.55. The van der Waals surface area contributed by atoms with Crippen LogP contribution in [0.1, 0.15) is 44.9 Å². The highest BCUT2D eigenvalue weighted by Crippen LogP contribution is 2.32. The minimum Gasteiger partial charge on any atom is -0.329 e. The fraction of sp³-hybridized carbons (Fsp3) is 1.00. The van der Waals surface area contributed by atoms with Crippen LogP contribution < -0.4 is 5.73 Å². The Kier molecular flexibility index (Phi) is 4.45. The summed E-state index contributed by atoms with van der Waals surface area (Å²) in [6.45, 7) is 3.23. The van der Waals surface area contributed by atoms with Crippen LogP contribution in [0.4, 0.5) is 0 Å². The molecule has 2 rings (SSSR count). The Bertz CT molecular complexity index is 228. The number of hydrogen-bond acceptors (Lipinski definition) is 3. The second-order valence-electron chi connectivity index (χ2n) is 6.13. The van der Waals surface area contributed by atoms with Gasteiger partial charge in [-0.1, -0.05) is 19.3 Å². The molecule has 1 saturated carbocycles. The minimum absolute atomic E-state index is 0.286. The van der Waals surface area contributed by atoms with Crippen molar-refractivity contribution in [3.63, 3.8) is 0 Å². The second-order valence-corrected chi connectivity index (χ2v) is 6.13. The Balaban J connectivity index is 2.00. The fourth-order valence-corrected chi connectivity index (χ4v) is 3.59. The molecule has 3 nitrogen and oxygen atoms in total. The van der Waals surface area contributed by atoms with E-state index in [2.05, 4.69) is 23.9 Å². The van der Waals surface area contributed by atoms with Crippen molar-refractivity contribution >= 4 is 0 Å². The predicted molar refractivity (Wildman–Crippen MR) is 73.2 cm³/mol. The van der Waals surface area contributed by atoms with Crippen molar-refractivity contribution in [2.75, 3.05) is 33.7 Å². The first-order valence-electron chi connectivity index (χ1n) is 7.29. The molecule has 2 N–H and O–H groups in total. The standard InChI is InChI=1S/C14H29N3/c1-16-10-8-14(12-15,9-11-16)17(2)13-6-4-3-5-7-13/h13H,3-12,15H2,1-2H3. The third kappa shape index (κ3) is 2.83. The SMILES string of the molecule is CN1CCC(CN)(N(C)C2CCCCC2)CC1. The molecule has 0 unspecified atom stereocenters. The van der Waals surface area contributed by atoms with Crippen LogP contribution in [0, 0.1) is 0 Å². The van der Waals surface area contributed by atoms with Gasteiger partial charge in [0.25, 0.3) is 0 Å². The molecule has 1 saturated heterocycles. The Morgan fingerprint density at radius 1 is 1.18 bits per heavy atom. The summed E-state index contributed by atoms with van der Waals surface area (Å²) in [6, 6.07) is 0.788. The number of nitrogens with two attached hydrogens (primary N) is 1. The molecule has 17 heavy (non-hydrogen) atoms. The summed E-state index contributed by atoms with van der Waals surface area (Å²) in [6.07, 6.45) is 9.51. The van der Waals surface area contributed by atoms with Gasteiger partial charge in [-0.2, -0.15) is 0 Å². The van der Waals surface area contributed by atoms with E-state index >= 15 is 0 Å². The Morgan fingerprint density at radius 3 is 2.29 bits per heavy atom. The molecule has 0 aromatic rings. The second kappa shape index (κ2) is 5.68. The summed E-state index contributed by atoms with van der Waals surface area (Å²) < 4.78 is 0. The maximum atomic E-state index is 6.13. The molecule has 0 radical (unpaired) electrons. The highest BCUT2D eigenvalue weighted by atomic mass is 15.2. The number of rotatable bonds is 3. The first-order chi connectivity index (χ1) is 8.18. The molecular formula is C14H29N3. The van der Waals surface area contributed by atoms with Gasteiger partial charge < -0.3 is 10.6 Å². The first kappa shape index (κ1) is 13.3. The molecule has 0 aromatic heterocycles. The largest absolute Gasteiger partial charge is 0.329 e. The first-order valence-corrected chi connectivity index (χ1v) is 7.29. The van der Waals surface area contributed by atoms with Crippen LogP contribution in [0.5, 0.6) is 0 Å². The number of hydrogen-bond donors (Lipinski definition) is 1. The monoisotopic (exact) mass is 239 g/mol. The lowest BCUT2D eigenvalue weighted by Crippen LogP contribution is -2.60. The summed E-state index contributed by atoms with van der Waals surface area (Å²) >= 11 is 0. The van der Waals surface area contributed by atoms with Crippen molar-refractivity contribution in [1.29, 1.82) is 0 Å². The number of piperidine rings is 1. The predicted octanol–water partition coefficient (Wildman–Crippen LogP) is 1.67. The highest BCUT2D eigenvalue weighted by molar-refractivity contribution is 4.97. The lowest BCUT2D eigenvalue weighted by Gasteiger charge is -2.50. The fourth-order valence-electron chi connectivity index (χ4n) is 3.59. The maximum absolute atomic E-state index is 6.13. The van der Waals surface area contributed by atoms with Gasteiger partial charge >= 0.3 is 0 Å². The van der Waals surface area contributed by atoms with Crippen LogP contribution in [-0.2, 0) is 0 Å². The third-order valence-electron chi connectivity index (χ3n) is 5.17. The van der Waals surface area contributed by atoms with Gasteiger partial charge in [0.05, 0.1) is 0 Å². The van der Waals surface area contributed by atoms with Gasteiger partial charge in [0.2, 0.25) is 0 Å².